The van der Waals surface area contributed by atoms with Gasteiger partial charge in [0.15, 0.2) is 0 Å². The van der Waals surface area contributed by atoms with Crippen molar-refractivity contribution in [1.29, 1.82) is 0 Å². The molecule has 0 amide bonds. The highest BCUT2D eigenvalue weighted by Crippen LogP contribution is 2.36. The summed E-state index contributed by atoms with van der Waals surface area (Å²) in [7, 11) is 0. The average Bonchev–Trinajstić information content (AvgIpc) is 2.15. The van der Waals surface area contributed by atoms with E-state index in [1.54, 1.807) is 0 Å². The van der Waals surface area contributed by atoms with E-state index in [0.717, 1.165) is 24.9 Å². The standard InChI is InChI=1S/C10H11Br3OS/c1-6(5-15)4-14-10-8(12)2-7(11)3-9(10)13/h2-3,6,15H,4-5H2,1H3. The fourth-order valence-electron chi connectivity index (χ4n) is 0.945. The molecule has 1 aromatic carbocycles. The zero-order valence-corrected chi connectivity index (χ0v) is 13.8. The second-order valence-corrected chi connectivity index (χ2v) is 6.29. The minimum Gasteiger partial charge on any atom is -0.491 e. The van der Waals surface area contributed by atoms with Crippen LogP contribution in [0.25, 0.3) is 0 Å². The van der Waals surface area contributed by atoms with Crippen LogP contribution in [0, 0.1) is 5.92 Å². The molecule has 0 aliphatic rings. The predicted molar refractivity (Wildman–Crippen MR) is 78.1 cm³/mol. The van der Waals surface area contributed by atoms with E-state index in [9.17, 15) is 0 Å². The summed E-state index contributed by atoms with van der Waals surface area (Å²) in [6, 6.07) is 3.93. The van der Waals surface area contributed by atoms with Crippen molar-refractivity contribution in [3.63, 3.8) is 0 Å². The lowest BCUT2D eigenvalue weighted by Crippen LogP contribution is -2.10. The molecule has 0 bridgehead atoms. The summed E-state index contributed by atoms with van der Waals surface area (Å²) < 4.78 is 8.60. The van der Waals surface area contributed by atoms with Gasteiger partial charge in [-0.15, -0.1) is 0 Å². The number of rotatable bonds is 4. The maximum absolute atomic E-state index is 5.71. The van der Waals surface area contributed by atoms with Gasteiger partial charge in [-0.3, -0.25) is 0 Å². The molecule has 1 rings (SSSR count). The van der Waals surface area contributed by atoms with Crippen LogP contribution in [0.5, 0.6) is 5.75 Å². The molecule has 0 spiro atoms. The quantitative estimate of drug-likeness (QED) is 0.683. The highest BCUT2D eigenvalue weighted by molar-refractivity contribution is 9.11. The summed E-state index contributed by atoms with van der Waals surface area (Å²) in [6.07, 6.45) is 0. The van der Waals surface area contributed by atoms with E-state index >= 15 is 0 Å². The third-order valence-corrected chi connectivity index (χ3v) is 4.05. The number of hydrogen-bond acceptors (Lipinski definition) is 2. The Morgan fingerprint density at radius 1 is 1.27 bits per heavy atom. The molecule has 84 valence electrons. The Kier molecular flexibility index (Phi) is 6.03. The Balaban J connectivity index is 2.77. The van der Waals surface area contributed by atoms with Crippen LogP contribution in [0.3, 0.4) is 0 Å². The Bertz CT molecular complexity index is 320. The molecule has 5 heteroatoms. The SMILES string of the molecule is CC(CS)COc1c(Br)cc(Br)cc1Br. The lowest BCUT2D eigenvalue weighted by atomic mass is 10.2. The van der Waals surface area contributed by atoms with Gasteiger partial charge in [0.2, 0.25) is 0 Å². The van der Waals surface area contributed by atoms with Crippen molar-refractivity contribution in [1.82, 2.24) is 0 Å². The molecule has 0 aliphatic carbocycles. The molecule has 1 aromatic rings. The van der Waals surface area contributed by atoms with E-state index < -0.39 is 0 Å². The van der Waals surface area contributed by atoms with E-state index in [2.05, 4.69) is 67.3 Å². The maximum atomic E-state index is 5.71. The summed E-state index contributed by atoms with van der Waals surface area (Å²) in [5, 5.41) is 0. The fraction of sp³-hybridized carbons (Fsp3) is 0.400. The first-order chi connectivity index (χ1) is 7.04. The summed E-state index contributed by atoms with van der Waals surface area (Å²) >= 11 is 14.6. The molecule has 0 radical (unpaired) electrons. The molecule has 0 aliphatic heterocycles. The van der Waals surface area contributed by atoms with E-state index in [1.165, 1.54) is 0 Å². The molecule has 0 saturated carbocycles. The molecule has 0 aromatic heterocycles. The highest BCUT2D eigenvalue weighted by Gasteiger charge is 2.09. The van der Waals surface area contributed by atoms with Crippen molar-refractivity contribution in [2.24, 2.45) is 5.92 Å². The van der Waals surface area contributed by atoms with E-state index in [-0.39, 0.29) is 0 Å². The van der Waals surface area contributed by atoms with Crippen LogP contribution < -0.4 is 4.74 Å². The van der Waals surface area contributed by atoms with Crippen molar-refractivity contribution in [3.05, 3.63) is 25.6 Å². The van der Waals surface area contributed by atoms with E-state index in [1.807, 2.05) is 12.1 Å². The first-order valence-corrected chi connectivity index (χ1v) is 7.44. The Labute approximate surface area is 121 Å². The van der Waals surface area contributed by atoms with Crippen molar-refractivity contribution in [3.8, 4) is 5.75 Å². The lowest BCUT2D eigenvalue weighted by molar-refractivity contribution is 0.270. The Hall–Kier alpha value is 0.810. The maximum Gasteiger partial charge on any atom is 0.147 e. The van der Waals surface area contributed by atoms with Gasteiger partial charge in [-0.25, -0.2) is 0 Å². The molecule has 1 unspecified atom stereocenters. The number of thiol groups is 1. The van der Waals surface area contributed by atoms with Gasteiger partial charge in [0.05, 0.1) is 15.6 Å². The minimum absolute atomic E-state index is 0.441. The van der Waals surface area contributed by atoms with Crippen LogP contribution in [0.15, 0.2) is 25.6 Å². The summed E-state index contributed by atoms with van der Waals surface area (Å²) in [6.45, 7) is 2.77. The number of halogens is 3. The van der Waals surface area contributed by atoms with Crippen LogP contribution in [-0.2, 0) is 0 Å². The van der Waals surface area contributed by atoms with Crippen molar-refractivity contribution < 1.29 is 4.74 Å². The summed E-state index contributed by atoms with van der Waals surface area (Å²) in [4.78, 5) is 0. The van der Waals surface area contributed by atoms with Gasteiger partial charge >= 0.3 is 0 Å². The Morgan fingerprint density at radius 3 is 2.27 bits per heavy atom. The third-order valence-electron chi connectivity index (χ3n) is 1.79. The topological polar surface area (TPSA) is 9.23 Å². The van der Waals surface area contributed by atoms with Gasteiger partial charge in [-0.2, -0.15) is 12.6 Å². The first kappa shape index (κ1) is 13.9. The minimum atomic E-state index is 0.441. The lowest BCUT2D eigenvalue weighted by Gasteiger charge is -2.13. The normalized spacial score (nSPS) is 12.6. The number of hydrogen-bond donors (Lipinski definition) is 1. The zero-order chi connectivity index (χ0) is 11.4. The van der Waals surface area contributed by atoms with Gasteiger partial charge < -0.3 is 4.74 Å². The zero-order valence-electron chi connectivity index (χ0n) is 8.14. The molecule has 0 saturated heterocycles. The van der Waals surface area contributed by atoms with Gasteiger partial charge in [0, 0.05) is 4.47 Å². The van der Waals surface area contributed by atoms with Gasteiger partial charge in [0.1, 0.15) is 5.75 Å². The molecular weight excluding hydrogens is 408 g/mol. The molecule has 0 heterocycles. The number of ether oxygens (including phenoxy) is 1. The van der Waals surface area contributed by atoms with Crippen molar-refractivity contribution in [2.75, 3.05) is 12.4 Å². The smallest absolute Gasteiger partial charge is 0.147 e. The molecule has 15 heavy (non-hydrogen) atoms. The van der Waals surface area contributed by atoms with Crippen molar-refractivity contribution >= 4 is 60.4 Å². The second-order valence-electron chi connectivity index (χ2n) is 3.30. The van der Waals surface area contributed by atoms with E-state index in [4.69, 9.17) is 4.74 Å². The monoisotopic (exact) mass is 416 g/mol. The molecule has 1 atom stereocenters. The molecule has 0 fully saturated rings. The summed E-state index contributed by atoms with van der Waals surface area (Å²) in [5.74, 6) is 2.11. The molecule has 1 nitrogen and oxygen atoms in total. The molecular formula is C10H11Br3OS. The van der Waals surface area contributed by atoms with Gasteiger partial charge in [0.25, 0.3) is 0 Å². The van der Waals surface area contributed by atoms with Crippen LogP contribution in [-0.4, -0.2) is 12.4 Å². The first-order valence-electron chi connectivity index (χ1n) is 4.42. The fourth-order valence-corrected chi connectivity index (χ4v) is 3.54. The number of benzene rings is 1. The van der Waals surface area contributed by atoms with Crippen LogP contribution >= 0.6 is 60.4 Å². The van der Waals surface area contributed by atoms with Crippen LogP contribution in [0.2, 0.25) is 0 Å². The molecule has 0 N–H and O–H groups in total. The second kappa shape index (κ2) is 6.52. The van der Waals surface area contributed by atoms with Gasteiger partial charge in [-0.1, -0.05) is 22.9 Å². The highest BCUT2D eigenvalue weighted by atomic mass is 79.9. The summed E-state index contributed by atoms with van der Waals surface area (Å²) in [5.41, 5.74) is 0. The Morgan fingerprint density at radius 2 is 1.80 bits per heavy atom. The van der Waals surface area contributed by atoms with E-state index in [0.29, 0.717) is 12.5 Å². The van der Waals surface area contributed by atoms with Gasteiger partial charge in [-0.05, 0) is 55.7 Å². The largest absolute Gasteiger partial charge is 0.491 e. The average molecular weight is 419 g/mol. The van der Waals surface area contributed by atoms with Crippen LogP contribution in [0.4, 0.5) is 0 Å². The van der Waals surface area contributed by atoms with Crippen molar-refractivity contribution in [2.45, 2.75) is 6.92 Å². The third kappa shape index (κ3) is 4.29. The van der Waals surface area contributed by atoms with Crippen LogP contribution in [0.1, 0.15) is 6.92 Å². The predicted octanol–water partition coefficient (Wildman–Crippen LogP) is 4.92.